The Labute approximate surface area is 112 Å². The van der Waals surface area contributed by atoms with E-state index in [4.69, 9.17) is 11.5 Å². The zero-order valence-corrected chi connectivity index (χ0v) is 10.7. The van der Waals surface area contributed by atoms with Crippen molar-refractivity contribution in [3.8, 4) is 0 Å². The maximum absolute atomic E-state index is 9.17. The second kappa shape index (κ2) is 6.06. The van der Waals surface area contributed by atoms with Crippen LogP contribution in [0.25, 0.3) is 0 Å². The van der Waals surface area contributed by atoms with Gasteiger partial charge in [-0.05, 0) is 17.7 Å². The summed E-state index contributed by atoms with van der Waals surface area (Å²) in [7, 11) is 0. The normalized spacial score (nSPS) is 10.4. The molecule has 0 radical (unpaired) electrons. The Bertz CT molecular complexity index is 530. The van der Waals surface area contributed by atoms with Gasteiger partial charge in [0.15, 0.2) is 0 Å². The molecule has 1 aromatic carbocycles. The number of anilines is 3. The first-order valence-corrected chi connectivity index (χ1v) is 6.12. The Hall–Kier alpha value is -2.27. The Morgan fingerprint density at radius 2 is 1.79 bits per heavy atom. The van der Waals surface area contributed by atoms with Crippen molar-refractivity contribution in [2.45, 2.75) is 6.54 Å². The molecule has 0 saturated heterocycles. The van der Waals surface area contributed by atoms with E-state index in [0.29, 0.717) is 30.4 Å². The summed E-state index contributed by atoms with van der Waals surface area (Å²) in [5.41, 5.74) is 13.0. The molecule has 5 N–H and O–H groups in total. The highest BCUT2D eigenvalue weighted by molar-refractivity contribution is 5.62. The second-order valence-electron chi connectivity index (χ2n) is 4.27. The monoisotopic (exact) mass is 258 g/mol. The van der Waals surface area contributed by atoms with Crippen LogP contribution >= 0.6 is 0 Å². The number of benzene rings is 1. The van der Waals surface area contributed by atoms with Crippen molar-refractivity contribution in [2.75, 3.05) is 29.5 Å². The van der Waals surface area contributed by atoms with Crippen LogP contribution in [0.2, 0.25) is 0 Å². The van der Waals surface area contributed by atoms with Crippen LogP contribution in [-0.2, 0) is 6.54 Å². The van der Waals surface area contributed by atoms with Gasteiger partial charge in [0.05, 0.1) is 12.3 Å². The fraction of sp³-hybridized carbons (Fsp3) is 0.214. The molecule has 0 saturated carbocycles. The zero-order valence-electron chi connectivity index (χ0n) is 10.7. The summed E-state index contributed by atoms with van der Waals surface area (Å²) in [5.74, 6) is 1.03. The van der Waals surface area contributed by atoms with Crippen LogP contribution in [0.15, 0.2) is 42.5 Å². The molecule has 5 nitrogen and oxygen atoms in total. The lowest BCUT2D eigenvalue weighted by atomic mass is 10.2. The van der Waals surface area contributed by atoms with Gasteiger partial charge in [-0.15, -0.1) is 0 Å². The van der Waals surface area contributed by atoms with Crippen molar-refractivity contribution in [3.63, 3.8) is 0 Å². The molecule has 0 bridgehead atoms. The number of aliphatic hydroxyl groups is 1. The highest BCUT2D eigenvalue weighted by Gasteiger charge is 2.09. The van der Waals surface area contributed by atoms with Crippen molar-refractivity contribution < 1.29 is 5.11 Å². The predicted molar refractivity (Wildman–Crippen MR) is 77.6 cm³/mol. The number of aliphatic hydroxyl groups excluding tert-OH is 1. The van der Waals surface area contributed by atoms with Gasteiger partial charge >= 0.3 is 0 Å². The first-order chi connectivity index (χ1) is 9.20. The van der Waals surface area contributed by atoms with Gasteiger partial charge < -0.3 is 21.5 Å². The third kappa shape index (κ3) is 3.35. The quantitative estimate of drug-likeness (QED) is 0.751. The van der Waals surface area contributed by atoms with Gasteiger partial charge in [-0.3, -0.25) is 0 Å². The average Bonchev–Trinajstić information content (AvgIpc) is 2.43. The van der Waals surface area contributed by atoms with Crippen LogP contribution in [0.3, 0.4) is 0 Å². The van der Waals surface area contributed by atoms with E-state index >= 15 is 0 Å². The minimum Gasteiger partial charge on any atom is -0.396 e. The van der Waals surface area contributed by atoms with Gasteiger partial charge in [0.25, 0.3) is 0 Å². The van der Waals surface area contributed by atoms with Gasteiger partial charge in [-0.1, -0.05) is 30.3 Å². The molecule has 0 aliphatic carbocycles. The number of rotatable bonds is 5. The first kappa shape index (κ1) is 13.2. The molecule has 0 fully saturated rings. The highest BCUT2D eigenvalue weighted by Crippen LogP contribution is 2.19. The van der Waals surface area contributed by atoms with Crippen LogP contribution in [0, 0.1) is 0 Å². The van der Waals surface area contributed by atoms with E-state index in [-0.39, 0.29) is 6.61 Å². The maximum atomic E-state index is 9.17. The summed E-state index contributed by atoms with van der Waals surface area (Å²) in [6, 6.07) is 13.5. The number of hydrogen-bond donors (Lipinski definition) is 3. The standard InChI is InChI=1S/C14H18N4O/c15-12-6-7-13(17-14(12)16)18(8-9-19)10-11-4-2-1-3-5-11/h1-7,19H,8-10,15H2,(H2,16,17). The van der Waals surface area contributed by atoms with Crippen LogP contribution < -0.4 is 16.4 Å². The van der Waals surface area contributed by atoms with E-state index in [2.05, 4.69) is 4.98 Å². The topological polar surface area (TPSA) is 88.4 Å². The summed E-state index contributed by atoms with van der Waals surface area (Å²) >= 11 is 0. The number of nitrogen functional groups attached to an aromatic ring is 2. The fourth-order valence-electron chi connectivity index (χ4n) is 1.85. The molecule has 1 heterocycles. The summed E-state index contributed by atoms with van der Waals surface area (Å²) < 4.78 is 0. The third-order valence-corrected chi connectivity index (χ3v) is 2.85. The number of pyridine rings is 1. The largest absolute Gasteiger partial charge is 0.396 e. The second-order valence-corrected chi connectivity index (χ2v) is 4.27. The summed E-state index contributed by atoms with van der Waals surface area (Å²) in [5, 5.41) is 9.17. The van der Waals surface area contributed by atoms with Gasteiger partial charge in [-0.2, -0.15) is 0 Å². The van der Waals surface area contributed by atoms with Gasteiger partial charge in [-0.25, -0.2) is 4.98 Å². The summed E-state index contributed by atoms with van der Waals surface area (Å²) in [4.78, 5) is 6.22. The number of hydrogen-bond acceptors (Lipinski definition) is 5. The van der Waals surface area contributed by atoms with E-state index in [9.17, 15) is 5.11 Å². The van der Waals surface area contributed by atoms with Crippen molar-refractivity contribution in [1.82, 2.24) is 4.98 Å². The van der Waals surface area contributed by atoms with Crippen molar-refractivity contribution >= 4 is 17.3 Å². The Morgan fingerprint density at radius 3 is 2.42 bits per heavy atom. The first-order valence-electron chi connectivity index (χ1n) is 6.12. The minimum absolute atomic E-state index is 0.0544. The van der Waals surface area contributed by atoms with Gasteiger partial charge in [0.1, 0.15) is 11.6 Å². The van der Waals surface area contributed by atoms with E-state index in [1.807, 2.05) is 41.3 Å². The number of nitrogens with two attached hydrogens (primary N) is 2. The highest BCUT2D eigenvalue weighted by atomic mass is 16.3. The minimum atomic E-state index is 0.0544. The van der Waals surface area contributed by atoms with E-state index in [1.54, 1.807) is 6.07 Å². The van der Waals surface area contributed by atoms with Gasteiger partial charge in [0, 0.05) is 13.1 Å². The van der Waals surface area contributed by atoms with Crippen LogP contribution in [0.5, 0.6) is 0 Å². The molecule has 2 rings (SSSR count). The van der Waals surface area contributed by atoms with Crippen molar-refractivity contribution in [3.05, 3.63) is 48.0 Å². The van der Waals surface area contributed by atoms with E-state index < -0.39 is 0 Å². The lowest BCUT2D eigenvalue weighted by molar-refractivity contribution is 0.301. The molecule has 2 aromatic rings. The molecule has 0 aliphatic rings. The molecular formula is C14H18N4O. The molecule has 0 spiro atoms. The molecule has 0 unspecified atom stereocenters. The Morgan fingerprint density at radius 1 is 1.05 bits per heavy atom. The average molecular weight is 258 g/mol. The third-order valence-electron chi connectivity index (χ3n) is 2.85. The Kier molecular flexibility index (Phi) is 4.20. The van der Waals surface area contributed by atoms with Crippen LogP contribution in [0.1, 0.15) is 5.56 Å². The Balaban J connectivity index is 2.21. The molecule has 100 valence electrons. The molecular weight excluding hydrogens is 240 g/mol. The molecule has 0 amide bonds. The molecule has 19 heavy (non-hydrogen) atoms. The van der Waals surface area contributed by atoms with Crippen molar-refractivity contribution in [1.29, 1.82) is 0 Å². The van der Waals surface area contributed by atoms with E-state index in [1.165, 1.54) is 0 Å². The van der Waals surface area contributed by atoms with Gasteiger partial charge in [0.2, 0.25) is 0 Å². The summed E-state index contributed by atoms with van der Waals surface area (Å²) in [6.45, 7) is 1.21. The SMILES string of the molecule is Nc1ccc(N(CCO)Cc2ccccc2)nc1N. The smallest absolute Gasteiger partial charge is 0.149 e. The molecule has 1 aromatic heterocycles. The summed E-state index contributed by atoms with van der Waals surface area (Å²) in [6.07, 6.45) is 0. The number of nitrogens with zero attached hydrogens (tertiary/aromatic N) is 2. The maximum Gasteiger partial charge on any atom is 0.149 e. The lowest BCUT2D eigenvalue weighted by Crippen LogP contribution is -2.27. The van der Waals surface area contributed by atoms with Crippen LogP contribution in [0.4, 0.5) is 17.3 Å². The predicted octanol–water partition coefficient (Wildman–Crippen LogP) is 1.24. The molecule has 5 heteroatoms. The number of aromatic nitrogens is 1. The van der Waals surface area contributed by atoms with E-state index in [0.717, 1.165) is 5.56 Å². The fourth-order valence-corrected chi connectivity index (χ4v) is 1.85. The van der Waals surface area contributed by atoms with Crippen LogP contribution in [-0.4, -0.2) is 23.2 Å². The molecule has 0 aliphatic heterocycles. The lowest BCUT2D eigenvalue weighted by Gasteiger charge is -2.23. The molecule has 0 atom stereocenters. The van der Waals surface area contributed by atoms with Crippen molar-refractivity contribution in [2.24, 2.45) is 0 Å². The zero-order chi connectivity index (χ0) is 13.7.